The van der Waals surface area contributed by atoms with Crippen LogP contribution in [0.4, 0.5) is 10.1 Å². The zero-order valence-corrected chi connectivity index (χ0v) is 25.1. The Balaban J connectivity index is 1.39. The molecule has 2 fully saturated rings. The van der Waals surface area contributed by atoms with Crippen LogP contribution in [0.25, 0.3) is 22.4 Å². The van der Waals surface area contributed by atoms with E-state index >= 15 is 0 Å². The molecule has 1 saturated carbocycles. The Labute approximate surface area is 252 Å². The highest BCUT2D eigenvalue weighted by atomic mass is 19.1. The molecule has 1 N–H and O–H groups in total. The van der Waals surface area contributed by atoms with Crippen molar-refractivity contribution in [2.75, 3.05) is 24.6 Å². The first-order valence-corrected chi connectivity index (χ1v) is 15.2. The summed E-state index contributed by atoms with van der Waals surface area (Å²) in [6.07, 6.45) is 8.86. The highest BCUT2D eigenvalue weighted by Gasteiger charge is 2.32. The maximum atomic E-state index is 13.2. The number of aromatic nitrogens is 3. The van der Waals surface area contributed by atoms with Crippen LogP contribution >= 0.6 is 0 Å². The molecule has 1 saturated heterocycles. The van der Waals surface area contributed by atoms with Crippen molar-refractivity contribution in [3.8, 4) is 28.1 Å². The number of carboxylic acid groups (broad SMARTS) is 1. The van der Waals surface area contributed by atoms with Crippen molar-refractivity contribution in [2.45, 2.75) is 65.3 Å². The van der Waals surface area contributed by atoms with E-state index in [4.69, 9.17) is 9.72 Å². The third kappa shape index (κ3) is 6.58. The first kappa shape index (κ1) is 28.9. The lowest BCUT2D eigenvalue weighted by Crippen LogP contribution is -2.38. The van der Waals surface area contributed by atoms with Crippen LogP contribution in [-0.4, -0.2) is 45.5 Å². The van der Waals surface area contributed by atoms with E-state index < -0.39 is 5.97 Å². The minimum Gasteiger partial charge on any atom is -0.493 e. The number of ether oxygens (including phenoxy) is 1. The molecule has 0 radical (unpaired) electrons. The first-order chi connectivity index (χ1) is 20.7. The average molecular weight is 583 g/mol. The topological polar surface area (TPSA) is 80.5 Å². The molecule has 3 heterocycles. The largest absolute Gasteiger partial charge is 0.493 e. The van der Waals surface area contributed by atoms with Crippen molar-refractivity contribution in [2.24, 2.45) is 5.41 Å². The molecular formula is C35H39FN4O3. The molecule has 1 aliphatic carbocycles. The molecule has 2 aromatic carbocycles. The van der Waals surface area contributed by atoms with Crippen LogP contribution in [0.2, 0.25) is 0 Å². The molecule has 2 aromatic heterocycles. The molecule has 43 heavy (non-hydrogen) atoms. The first-order valence-electron chi connectivity index (χ1n) is 15.2. The lowest BCUT2D eigenvalue weighted by molar-refractivity contribution is -0.136. The molecule has 8 heteroatoms. The molecule has 0 amide bonds. The standard InChI is InChI=1S/C35H39FN4O3/c1-23-30(20-31(41)42)34(39-17-15-35(2,3)16-18-39)32(33(38-23)26-21-37-40(22-26)28-10-11-28)25-6-12-29(13-7-25)43-19-14-24-4-8-27(36)9-5-24/h4-9,12-13,21-22,28H,10-11,14-20H2,1-3H3,(H,41,42). The number of anilines is 1. The Morgan fingerprint density at radius 2 is 1.74 bits per heavy atom. The van der Waals surface area contributed by atoms with E-state index in [0.717, 1.165) is 89.4 Å². The molecule has 7 nitrogen and oxygen atoms in total. The number of benzene rings is 2. The molecule has 0 bridgehead atoms. The number of aryl methyl sites for hydroxylation is 1. The van der Waals surface area contributed by atoms with Crippen LogP contribution < -0.4 is 9.64 Å². The fourth-order valence-electron chi connectivity index (χ4n) is 5.91. The van der Waals surface area contributed by atoms with E-state index in [-0.39, 0.29) is 17.7 Å². The van der Waals surface area contributed by atoms with E-state index in [0.29, 0.717) is 19.1 Å². The van der Waals surface area contributed by atoms with Crippen LogP contribution in [-0.2, 0) is 17.6 Å². The summed E-state index contributed by atoms with van der Waals surface area (Å²) in [5.41, 5.74) is 7.38. The maximum Gasteiger partial charge on any atom is 0.307 e. The second kappa shape index (κ2) is 11.8. The van der Waals surface area contributed by atoms with Gasteiger partial charge >= 0.3 is 5.97 Å². The summed E-state index contributed by atoms with van der Waals surface area (Å²) in [5, 5.41) is 14.6. The van der Waals surface area contributed by atoms with Crippen LogP contribution in [0, 0.1) is 18.2 Å². The quantitative estimate of drug-likeness (QED) is 0.212. The molecule has 2 aliphatic rings. The number of piperidine rings is 1. The lowest BCUT2D eigenvalue weighted by atomic mass is 9.81. The van der Waals surface area contributed by atoms with Gasteiger partial charge in [-0.1, -0.05) is 38.1 Å². The molecule has 0 unspecified atom stereocenters. The number of halogens is 1. The highest BCUT2D eigenvalue weighted by Crippen LogP contribution is 2.45. The minimum absolute atomic E-state index is 0.0900. The molecule has 1 aliphatic heterocycles. The van der Waals surface area contributed by atoms with Gasteiger partial charge in [-0.25, -0.2) is 4.39 Å². The Hall–Kier alpha value is -4.20. The normalized spacial score (nSPS) is 16.3. The number of aliphatic carboxylic acids is 1. The maximum absolute atomic E-state index is 13.2. The Bertz CT molecular complexity index is 1600. The number of carbonyl (C=O) groups is 1. The van der Waals surface area contributed by atoms with Gasteiger partial charge in [-0.2, -0.15) is 5.10 Å². The molecule has 0 spiro atoms. The zero-order chi connectivity index (χ0) is 30.1. The smallest absolute Gasteiger partial charge is 0.307 e. The number of hydrogen-bond donors (Lipinski definition) is 1. The van der Waals surface area contributed by atoms with Gasteiger partial charge in [0.25, 0.3) is 0 Å². The predicted octanol–water partition coefficient (Wildman–Crippen LogP) is 7.27. The van der Waals surface area contributed by atoms with Crippen molar-refractivity contribution < 1.29 is 19.0 Å². The lowest BCUT2D eigenvalue weighted by Gasteiger charge is -2.40. The summed E-state index contributed by atoms with van der Waals surface area (Å²) in [6.45, 7) is 8.69. The SMILES string of the molecule is Cc1nc(-c2cnn(C3CC3)c2)c(-c2ccc(OCCc3ccc(F)cc3)cc2)c(N2CCC(C)(C)CC2)c1CC(=O)O. The molecule has 0 atom stereocenters. The monoisotopic (exact) mass is 582 g/mol. The van der Waals surface area contributed by atoms with E-state index in [9.17, 15) is 14.3 Å². The van der Waals surface area contributed by atoms with Gasteiger partial charge in [-0.15, -0.1) is 0 Å². The van der Waals surface area contributed by atoms with Gasteiger partial charge < -0.3 is 14.7 Å². The average Bonchev–Trinajstić information content (AvgIpc) is 3.71. The van der Waals surface area contributed by atoms with E-state index in [1.807, 2.05) is 42.1 Å². The van der Waals surface area contributed by atoms with Gasteiger partial charge in [-0.05, 0) is 73.4 Å². The van der Waals surface area contributed by atoms with Gasteiger partial charge in [0.1, 0.15) is 11.6 Å². The highest BCUT2D eigenvalue weighted by molar-refractivity contribution is 5.93. The summed E-state index contributed by atoms with van der Waals surface area (Å²) >= 11 is 0. The summed E-state index contributed by atoms with van der Waals surface area (Å²) in [6, 6.07) is 14.9. The molecular weight excluding hydrogens is 543 g/mol. The summed E-state index contributed by atoms with van der Waals surface area (Å²) < 4.78 is 21.3. The number of carboxylic acids is 1. The number of rotatable bonds is 10. The van der Waals surface area contributed by atoms with Crippen LogP contribution in [0.1, 0.15) is 62.4 Å². The predicted molar refractivity (Wildman–Crippen MR) is 166 cm³/mol. The Kier molecular flexibility index (Phi) is 7.95. The minimum atomic E-state index is -0.867. The van der Waals surface area contributed by atoms with Crippen LogP contribution in [0.15, 0.2) is 60.9 Å². The van der Waals surface area contributed by atoms with Crippen molar-refractivity contribution in [3.63, 3.8) is 0 Å². The molecule has 224 valence electrons. The fourth-order valence-corrected chi connectivity index (χ4v) is 5.91. The van der Waals surface area contributed by atoms with Crippen LogP contribution in [0.3, 0.4) is 0 Å². The number of pyridine rings is 1. The third-order valence-corrected chi connectivity index (χ3v) is 8.75. The van der Waals surface area contributed by atoms with Crippen molar-refractivity contribution >= 4 is 11.7 Å². The van der Waals surface area contributed by atoms with Gasteiger partial charge in [0.2, 0.25) is 0 Å². The van der Waals surface area contributed by atoms with Gasteiger partial charge in [0.15, 0.2) is 0 Å². The number of hydrogen-bond acceptors (Lipinski definition) is 5. The molecule has 4 aromatic rings. The Morgan fingerprint density at radius 1 is 1.05 bits per heavy atom. The third-order valence-electron chi connectivity index (χ3n) is 8.75. The second-order valence-corrected chi connectivity index (χ2v) is 12.7. The second-order valence-electron chi connectivity index (χ2n) is 12.7. The van der Waals surface area contributed by atoms with Crippen molar-refractivity contribution in [1.29, 1.82) is 0 Å². The van der Waals surface area contributed by atoms with Crippen LogP contribution in [0.5, 0.6) is 5.75 Å². The van der Waals surface area contributed by atoms with Gasteiger partial charge in [0, 0.05) is 48.1 Å². The van der Waals surface area contributed by atoms with Crippen molar-refractivity contribution in [3.05, 3.63) is 83.6 Å². The summed E-state index contributed by atoms with van der Waals surface area (Å²) in [5.74, 6) is -0.376. The van der Waals surface area contributed by atoms with E-state index in [1.54, 1.807) is 12.1 Å². The summed E-state index contributed by atoms with van der Waals surface area (Å²) in [4.78, 5) is 19.5. The van der Waals surface area contributed by atoms with E-state index in [2.05, 4.69) is 30.0 Å². The van der Waals surface area contributed by atoms with E-state index in [1.165, 1.54) is 12.1 Å². The van der Waals surface area contributed by atoms with Gasteiger partial charge in [0.05, 0.1) is 36.6 Å². The van der Waals surface area contributed by atoms with Gasteiger partial charge in [-0.3, -0.25) is 14.5 Å². The molecule has 6 rings (SSSR count). The zero-order valence-electron chi connectivity index (χ0n) is 25.1. The van der Waals surface area contributed by atoms with Crippen molar-refractivity contribution in [1.82, 2.24) is 14.8 Å². The summed E-state index contributed by atoms with van der Waals surface area (Å²) in [7, 11) is 0. The fraction of sp³-hybridized carbons (Fsp3) is 0.400. The number of nitrogens with zero attached hydrogens (tertiary/aromatic N) is 4. The Morgan fingerprint density at radius 3 is 2.40 bits per heavy atom.